The third-order valence-corrected chi connectivity index (χ3v) is 2.45. The second-order valence-corrected chi connectivity index (χ2v) is 4.06. The second-order valence-electron chi connectivity index (χ2n) is 4.06. The number of nitrogens with one attached hydrogen (secondary N) is 1. The molecule has 1 aliphatic heterocycles. The van der Waals surface area contributed by atoms with E-state index in [1.807, 2.05) is 6.92 Å². The predicted molar refractivity (Wildman–Crippen MR) is 48.1 cm³/mol. The molecule has 2 atom stereocenters. The van der Waals surface area contributed by atoms with Gasteiger partial charge in [-0.2, -0.15) is 0 Å². The number of aliphatic hydroxyl groups excluding tert-OH is 1. The van der Waals surface area contributed by atoms with Gasteiger partial charge in [-0.3, -0.25) is 0 Å². The Morgan fingerprint density at radius 2 is 2.33 bits per heavy atom. The lowest BCUT2D eigenvalue weighted by molar-refractivity contribution is -0.0492. The molecule has 2 N–H and O–H groups in total. The van der Waals surface area contributed by atoms with Gasteiger partial charge in [-0.25, -0.2) is 0 Å². The first-order valence-corrected chi connectivity index (χ1v) is 4.57. The molecule has 0 aromatic carbocycles. The molecule has 0 radical (unpaired) electrons. The fraction of sp³-hybridized carbons (Fsp3) is 1.00. The van der Waals surface area contributed by atoms with Gasteiger partial charge in [-0.05, 0) is 33.7 Å². The van der Waals surface area contributed by atoms with Crippen molar-refractivity contribution in [3.05, 3.63) is 0 Å². The van der Waals surface area contributed by atoms with E-state index in [2.05, 4.69) is 19.2 Å². The van der Waals surface area contributed by atoms with Crippen LogP contribution in [0.15, 0.2) is 0 Å². The minimum Gasteiger partial charge on any atom is -0.394 e. The maximum Gasteiger partial charge on any atom is 0.0782 e. The number of hydrogen-bond acceptors (Lipinski definition) is 3. The topological polar surface area (TPSA) is 41.5 Å². The van der Waals surface area contributed by atoms with Gasteiger partial charge in [0.2, 0.25) is 0 Å². The minimum absolute atomic E-state index is 0.0471. The Kier molecular flexibility index (Phi) is 3.09. The molecular weight excluding hydrogens is 154 g/mol. The molecule has 0 bridgehead atoms. The van der Waals surface area contributed by atoms with Crippen molar-refractivity contribution < 1.29 is 9.84 Å². The average Bonchev–Trinajstić information content (AvgIpc) is 2.31. The summed E-state index contributed by atoms with van der Waals surface area (Å²) in [6, 6.07) is 0. The zero-order chi connectivity index (χ0) is 9.19. The maximum atomic E-state index is 8.82. The number of ether oxygens (including phenoxy) is 1. The van der Waals surface area contributed by atoms with Crippen LogP contribution in [-0.4, -0.2) is 36.0 Å². The van der Waals surface area contributed by atoms with Crippen LogP contribution in [0, 0.1) is 0 Å². The minimum atomic E-state index is -0.0471. The standard InChI is InChI=1S/C9H19NO2/c1-7(6-11)12-8-4-5-10-9(8,2)3/h7-8,10-11H,4-6H2,1-3H3. The Hall–Kier alpha value is -0.120. The molecule has 3 nitrogen and oxygen atoms in total. The van der Waals surface area contributed by atoms with E-state index in [0.717, 1.165) is 13.0 Å². The van der Waals surface area contributed by atoms with Crippen molar-refractivity contribution in [2.45, 2.75) is 44.9 Å². The van der Waals surface area contributed by atoms with Crippen LogP contribution in [0.5, 0.6) is 0 Å². The highest BCUT2D eigenvalue weighted by Crippen LogP contribution is 2.22. The number of rotatable bonds is 3. The Morgan fingerprint density at radius 1 is 1.67 bits per heavy atom. The van der Waals surface area contributed by atoms with Crippen molar-refractivity contribution in [2.75, 3.05) is 13.2 Å². The molecule has 72 valence electrons. The summed E-state index contributed by atoms with van der Waals surface area (Å²) in [4.78, 5) is 0. The molecule has 1 saturated heterocycles. The Morgan fingerprint density at radius 3 is 2.75 bits per heavy atom. The van der Waals surface area contributed by atoms with Gasteiger partial charge in [-0.15, -0.1) is 0 Å². The molecule has 2 unspecified atom stereocenters. The van der Waals surface area contributed by atoms with E-state index < -0.39 is 0 Å². The van der Waals surface area contributed by atoms with Crippen molar-refractivity contribution in [3.63, 3.8) is 0 Å². The summed E-state index contributed by atoms with van der Waals surface area (Å²) in [6.07, 6.45) is 1.23. The van der Waals surface area contributed by atoms with E-state index >= 15 is 0 Å². The molecule has 1 heterocycles. The largest absolute Gasteiger partial charge is 0.394 e. The molecule has 0 amide bonds. The second kappa shape index (κ2) is 3.73. The van der Waals surface area contributed by atoms with Gasteiger partial charge in [0.05, 0.1) is 18.8 Å². The smallest absolute Gasteiger partial charge is 0.0782 e. The van der Waals surface area contributed by atoms with Crippen LogP contribution in [0.4, 0.5) is 0 Å². The van der Waals surface area contributed by atoms with Gasteiger partial charge in [0.15, 0.2) is 0 Å². The van der Waals surface area contributed by atoms with Crippen molar-refractivity contribution in [1.82, 2.24) is 5.32 Å². The number of hydrogen-bond donors (Lipinski definition) is 2. The zero-order valence-electron chi connectivity index (χ0n) is 8.13. The summed E-state index contributed by atoms with van der Waals surface area (Å²) < 4.78 is 5.66. The summed E-state index contributed by atoms with van der Waals surface area (Å²) in [5.74, 6) is 0. The van der Waals surface area contributed by atoms with Gasteiger partial charge in [0, 0.05) is 5.54 Å². The average molecular weight is 173 g/mol. The molecule has 1 rings (SSSR count). The van der Waals surface area contributed by atoms with Gasteiger partial charge >= 0.3 is 0 Å². The van der Waals surface area contributed by atoms with Crippen LogP contribution in [0.1, 0.15) is 27.2 Å². The molecule has 1 fully saturated rings. The molecule has 12 heavy (non-hydrogen) atoms. The van der Waals surface area contributed by atoms with Gasteiger partial charge in [0.1, 0.15) is 0 Å². The third-order valence-electron chi connectivity index (χ3n) is 2.45. The molecule has 0 spiro atoms. The van der Waals surface area contributed by atoms with E-state index in [0.29, 0.717) is 0 Å². The summed E-state index contributed by atoms with van der Waals surface area (Å²) >= 11 is 0. The molecule has 0 saturated carbocycles. The first kappa shape index (κ1) is 9.96. The van der Waals surface area contributed by atoms with Crippen molar-refractivity contribution in [3.8, 4) is 0 Å². The molecule has 0 aromatic heterocycles. The van der Waals surface area contributed by atoms with Crippen molar-refractivity contribution in [2.24, 2.45) is 0 Å². The van der Waals surface area contributed by atoms with Gasteiger partial charge in [-0.1, -0.05) is 0 Å². The highest BCUT2D eigenvalue weighted by molar-refractivity contribution is 4.93. The molecule has 3 heteroatoms. The predicted octanol–water partition coefficient (Wildman–Crippen LogP) is 0.524. The lowest BCUT2D eigenvalue weighted by Gasteiger charge is -2.29. The molecule has 0 aliphatic carbocycles. The lowest BCUT2D eigenvalue weighted by atomic mass is 10.00. The summed E-state index contributed by atoms with van der Waals surface area (Å²) in [6.45, 7) is 7.28. The zero-order valence-corrected chi connectivity index (χ0v) is 8.13. The van der Waals surface area contributed by atoms with E-state index in [-0.39, 0.29) is 24.4 Å². The van der Waals surface area contributed by atoms with Crippen LogP contribution in [0.3, 0.4) is 0 Å². The quantitative estimate of drug-likeness (QED) is 0.654. The van der Waals surface area contributed by atoms with Crippen LogP contribution >= 0.6 is 0 Å². The summed E-state index contributed by atoms with van der Waals surface area (Å²) in [5, 5.41) is 12.2. The fourth-order valence-electron chi connectivity index (χ4n) is 1.56. The Balaban J connectivity index is 2.41. The first-order valence-electron chi connectivity index (χ1n) is 4.57. The third kappa shape index (κ3) is 2.19. The van der Waals surface area contributed by atoms with E-state index in [1.165, 1.54) is 0 Å². The van der Waals surface area contributed by atoms with Gasteiger partial charge < -0.3 is 15.2 Å². The van der Waals surface area contributed by atoms with Gasteiger partial charge in [0.25, 0.3) is 0 Å². The Labute approximate surface area is 74.1 Å². The maximum absolute atomic E-state index is 8.82. The van der Waals surface area contributed by atoms with Crippen molar-refractivity contribution >= 4 is 0 Å². The van der Waals surface area contributed by atoms with Crippen LogP contribution < -0.4 is 5.32 Å². The first-order chi connectivity index (χ1) is 5.56. The van der Waals surface area contributed by atoms with Crippen LogP contribution in [0.25, 0.3) is 0 Å². The molecule has 1 aliphatic rings. The fourth-order valence-corrected chi connectivity index (χ4v) is 1.56. The van der Waals surface area contributed by atoms with E-state index in [9.17, 15) is 0 Å². The highest BCUT2D eigenvalue weighted by atomic mass is 16.5. The molecular formula is C9H19NO2. The lowest BCUT2D eigenvalue weighted by Crippen LogP contribution is -2.44. The number of aliphatic hydroxyl groups is 1. The van der Waals surface area contributed by atoms with E-state index in [1.54, 1.807) is 0 Å². The summed E-state index contributed by atoms with van der Waals surface area (Å²) in [5.41, 5.74) is 0.0590. The summed E-state index contributed by atoms with van der Waals surface area (Å²) in [7, 11) is 0. The molecule has 0 aromatic rings. The van der Waals surface area contributed by atoms with Crippen molar-refractivity contribution in [1.29, 1.82) is 0 Å². The monoisotopic (exact) mass is 173 g/mol. The van der Waals surface area contributed by atoms with Crippen LogP contribution in [0.2, 0.25) is 0 Å². The van der Waals surface area contributed by atoms with Crippen LogP contribution in [-0.2, 0) is 4.74 Å². The normalized spacial score (nSPS) is 30.5. The highest BCUT2D eigenvalue weighted by Gasteiger charge is 2.35. The SMILES string of the molecule is CC(CO)OC1CCNC1(C)C. The Bertz CT molecular complexity index is 147. The van der Waals surface area contributed by atoms with E-state index in [4.69, 9.17) is 9.84 Å².